The van der Waals surface area contributed by atoms with E-state index in [0.717, 1.165) is 5.69 Å². The third-order valence-corrected chi connectivity index (χ3v) is 4.01. The van der Waals surface area contributed by atoms with E-state index in [1.807, 2.05) is 6.92 Å². The van der Waals surface area contributed by atoms with Crippen molar-refractivity contribution in [1.82, 2.24) is 15.3 Å². The number of hydrogen-bond acceptors (Lipinski definition) is 7. The van der Waals surface area contributed by atoms with Crippen LogP contribution in [0.2, 0.25) is 0 Å². The summed E-state index contributed by atoms with van der Waals surface area (Å²) in [5.41, 5.74) is 8.65. The van der Waals surface area contributed by atoms with Crippen LogP contribution in [0, 0.1) is 12.3 Å². The minimum atomic E-state index is -0.413. The van der Waals surface area contributed by atoms with Gasteiger partial charge in [-0.25, -0.2) is 9.78 Å². The van der Waals surface area contributed by atoms with Gasteiger partial charge in [0.05, 0.1) is 31.6 Å². The van der Waals surface area contributed by atoms with E-state index in [4.69, 9.17) is 20.6 Å². The van der Waals surface area contributed by atoms with Crippen molar-refractivity contribution in [2.45, 2.75) is 13.0 Å². The second-order valence-electron chi connectivity index (χ2n) is 6.12. The molecule has 2 aromatic heterocycles. The third kappa shape index (κ3) is 4.99. The van der Waals surface area contributed by atoms with E-state index in [1.165, 1.54) is 12.3 Å². The van der Waals surface area contributed by atoms with Crippen LogP contribution in [0.3, 0.4) is 0 Å². The monoisotopic (exact) mass is 376 g/mol. The van der Waals surface area contributed by atoms with Crippen molar-refractivity contribution in [3.05, 3.63) is 47.4 Å². The third-order valence-electron chi connectivity index (χ3n) is 4.01. The lowest BCUT2D eigenvalue weighted by Gasteiger charge is -2.23. The number of aromatic nitrogens is 2. The number of anilines is 2. The van der Waals surface area contributed by atoms with Gasteiger partial charge in [-0.2, -0.15) is 0 Å². The van der Waals surface area contributed by atoms with E-state index in [9.17, 15) is 4.79 Å². The number of nitrogen functional groups attached to an aromatic ring is 1. The Hall–Kier alpha value is -3.04. The first-order valence-electron chi connectivity index (χ1n) is 8.54. The smallest absolute Gasteiger partial charge is 0.320 e. The second-order valence-corrected chi connectivity index (χ2v) is 6.12. The molecule has 1 atom stereocenters. The normalized spacial score (nSPS) is 16.6. The quantitative estimate of drug-likeness (QED) is 0.590. The standard InChI is InChI=1S/C18H22N6O3.3H2/c1-11-6-12(2-3-21-11)17(20)14-9-22-16(7-15(14)19)24-18(25)23-8-13-10-26-4-5-27-13;;;/h2-3,6-7,9,13,20H,4-5,8,10H2,1H3,(H4,19,22,23,24,25);3*1H/t13-;;;/m1.../s1. The fraction of sp³-hybridized carbons (Fsp3) is 0.333. The summed E-state index contributed by atoms with van der Waals surface area (Å²) in [6.45, 7) is 3.75. The maximum Gasteiger partial charge on any atom is 0.320 e. The van der Waals surface area contributed by atoms with Gasteiger partial charge in [0, 0.05) is 51.8 Å². The minimum absolute atomic E-state index is 0. The number of amides is 2. The van der Waals surface area contributed by atoms with Crippen molar-refractivity contribution in [2.75, 3.05) is 37.4 Å². The van der Waals surface area contributed by atoms with E-state index >= 15 is 0 Å². The summed E-state index contributed by atoms with van der Waals surface area (Å²) in [6.07, 6.45) is 2.96. The average molecular weight is 376 g/mol. The van der Waals surface area contributed by atoms with E-state index in [1.54, 1.807) is 18.3 Å². The highest BCUT2D eigenvalue weighted by Gasteiger charge is 2.16. The van der Waals surface area contributed by atoms with Crippen LogP contribution in [0.15, 0.2) is 30.6 Å². The molecule has 3 rings (SSSR count). The molecular weight excluding hydrogens is 348 g/mol. The molecule has 0 aliphatic carbocycles. The zero-order valence-corrected chi connectivity index (χ0v) is 15.0. The molecule has 2 aromatic rings. The minimum Gasteiger partial charge on any atom is -0.398 e. The lowest BCUT2D eigenvalue weighted by Crippen LogP contribution is -2.41. The molecule has 1 fully saturated rings. The van der Waals surface area contributed by atoms with Gasteiger partial charge in [-0.05, 0) is 19.1 Å². The predicted octanol–water partition coefficient (Wildman–Crippen LogP) is 2.06. The molecule has 0 aromatic carbocycles. The Morgan fingerprint density at radius 2 is 2.26 bits per heavy atom. The van der Waals surface area contributed by atoms with Crippen molar-refractivity contribution in [2.24, 2.45) is 0 Å². The Bertz CT molecular complexity index is 850. The number of urea groups is 1. The number of carbonyl (C=O) groups is 1. The molecule has 1 aliphatic rings. The molecule has 0 bridgehead atoms. The van der Waals surface area contributed by atoms with Gasteiger partial charge >= 0.3 is 6.03 Å². The number of ether oxygens (including phenoxy) is 2. The SMILES string of the molecule is Cc1cc(C(=N)c2cnc(NC(=O)NC[C@@H]3COCCO3)cc2N)ccn1.[HH].[HH].[HH]. The Morgan fingerprint density at radius 3 is 2.96 bits per heavy atom. The molecule has 0 radical (unpaired) electrons. The molecule has 0 unspecified atom stereocenters. The number of nitrogens with zero attached hydrogens (tertiary/aromatic N) is 2. The molecule has 0 spiro atoms. The van der Waals surface area contributed by atoms with Gasteiger partial charge in [0.25, 0.3) is 0 Å². The fourth-order valence-corrected chi connectivity index (χ4v) is 2.63. The summed E-state index contributed by atoms with van der Waals surface area (Å²) >= 11 is 0. The fourth-order valence-electron chi connectivity index (χ4n) is 2.63. The van der Waals surface area contributed by atoms with Gasteiger partial charge in [0.15, 0.2) is 0 Å². The molecule has 3 heterocycles. The van der Waals surface area contributed by atoms with Crippen molar-refractivity contribution in [1.29, 1.82) is 5.41 Å². The Morgan fingerprint density at radius 1 is 1.41 bits per heavy atom. The van der Waals surface area contributed by atoms with Gasteiger partial charge in [0.1, 0.15) is 5.82 Å². The molecule has 2 amide bonds. The molecule has 9 nitrogen and oxygen atoms in total. The lowest BCUT2D eigenvalue weighted by atomic mass is 10.0. The first-order valence-corrected chi connectivity index (χ1v) is 8.54. The zero-order chi connectivity index (χ0) is 19.2. The van der Waals surface area contributed by atoms with Gasteiger partial charge in [-0.15, -0.1) is 0 Å². The van der Waals surface area contributed by atoms with Gasteiger partial charge in [0.2, 0.25) is 0 Å². The van der Waals surface area contributed by atoms with Crippen LogP contribution >= 0.6 is 0 Å². The van der Waals surface area contributed by atoms with Crippen LogP contribution in [0.1, 0.15) is 21.1 Å². The van der Waals surface area contributed by atoms with Crippen molar-refractivity contribution in [3.8, 4) is 0 Å². The summed E-state index contributed by atoms with van der Waals surface area (Å²) in [5, 5.41) is 13.7. The van der Waals surface area contributed by atoms with Crippen molar-refractivity contribution in [3.63, 3.8) is 0 Å². The van der Waals surface area contributed by atoms with E-state index in [2.05, 4.69) is 20.6 Å². The molecule has 9 heteroatoms. The van der Waals surface area contributed by atoms with Crippen molar-refractivity contribution < 1.29 is 18.5 Å². The molecule has 27 heavy (non-hydrogen) atoms. The van der Waals surface area contributed by atoms with Crippen LogP contribution in [-0.4, -0.2) is 54.2 Å². The zero-order valence-electron chi connectivity index (χ0n) is 15.0. The van der Waals surface area contributed by atoms with Crippen LogP contribution in [-0.2, 0) is 9.47 Å². The lowest BCUT2D eigenvalue weighted by molar-refractivity contribution is -0.0852. The molecule has 0 saturated carbocycles. The number of nitrogens with two attached hydrogens (primary N) is 1. The van der Waals surface area contributed by atoms with Crippen LogP contribution in [0.25, 0.3) is 0 Å². The molecule has 148 valence electrons. The molecular formula is C18H28N6O3. The highest BCUT2D eigenvalue weighted by molar-refractivity contribution is 6.13. The van der Waals surface area contributed by atoms with E-state index in [-0.39, 0.29) is 16.1 Å². The second kappa shape index (κ2) is 8.56. The number of nitrogens with one attached hydrogen (secondary N) is 3. The number of hydrogen-bond donors (Lipinski definition) is 4. The highest BCUT2D eigenvalue weighted by Crippen LogP contribution is 2.19. The topological polar surface area (TPSA) is 135 Å². The van der Waals surface area contributed by atoms with Crippen LogP contribution in [0.5, 0.6) is 0 Å². The molecule has 1 saturated heterocycles. The number of aryl methyl sites for hydroxylation is 1. The molecule has 1 aliphatic heterocycles. The van der Waals surface area contributed by atoms with Crippen LogP contribution in [0.4, 0.5) is 16.3 Å². The maximum absolute atomic E-state index is 12.0. The Balaban J connectivity index is 0.00000280. The average Bonchev–Trinajstić information content (AvgIpc) is 2.67. The number of pyridine rings is 2. The summed E-state index contributed by atoms with van der Waals surface area (Å²) in [4.78, 5) is 20.3. The summed E-state index contributed by atoms with van der Waals surface area (Å²) in [5.74, 6) is 0.299. The molecule has 5 N–H and O–H groups in total. The van der Waals surface area contributed by atoms with Gasteiger partial charge in [-0.1, -0.05) is 0 Å². The first kappa shape index (κ1) is 18.7. The van der Waals surface area contributed by atoms with Crippen LogP contribution < -0.4 is 16.4 Å². The summed E-state index contributed by atoms with van der Waals surface area (Å²) < 4.78 is 10.7. The Kier molecular flexibility index (Phi) is 5.94. The first-order chi connectivity index (χ1) is 13.0. The summed E-state index contributed by atoms with van der Waals surface area (Å²) in [7, 11) is 0. The maximum atomic E-state index is 12.0. The van der Waals surface area contributed by atoms with E-state index in [0.29, 0.717) is 49.0 Å². The van der Waals surface area contributed by atoms with E-state index < -0.39 is 6.03 Å². The van der Waals surface area contributed by atoms with Crippen molar-refractivity contribution >= 4 is 23.2 Å². The Labute approximate surface area is 161 Å². The van der Waals surface area contributed by atoms with Gasteiger partial charge < -0.3 is 20.5 Å². The number of carbonyl (C=O) groups excluding carboxylic acids is 1. The van der Waals surface area contributed by atoms with Gasteiger partial charge in [-0.3, -0.25) is 15.7 Å². The predicted molar refractivity (Wildman–Crippen MR) is 107 cm³/mol. The largest absolute Gasteiger partial charge is 0.398 e. The highest BCUT2D eigenvalue weighted by atomic mass is 16.6. The summed E-state index contributed by atoms with van der Waals surface area (Å²) in [6, 6.07) is 4.66. The number of rotatable bonds is 5.